The van der Waals surface area contributed by atoms with Gasteiger partial charge in [-0.2, -0.15) is 0 Å². The lowest BCUT2D eigenvalue weighted by atomic mass is 10.1. The molecular weight excluding hydrogens is 216 g/mol. The van der Waals surface area contributed by atoms with E-state index in [0.29, 0.717) is 0 Å². The van der Waals surface area contributed by atoms with Crippen LogP contribution in [0.25, 0.3) is 11.3 Å². The van der Waals surface area contributed by atoms with Crippen molar-refractivity contribution in [3.8, 4) is 11.3 Å². The van der Waals surface area contributed by atoms with Crippen molar-refractivity contribution in [1.29, 1.82) is 0 Å². The van der Waals surface area contributed by atoms with Gasteiger partial charge in [0.15, 0.2) is 0 Å². The minimum atomic E-state index is 0.175. The molecule has 2 N–H and O–H groups in total. The van der Waals surface area contributed by atoms with Crippen molar-refractivity contribution in [2.75, 3.05) is 0 Å². The molecule has 84 valence electrons. The minimum Gasteiger partial charge on any atom is -0.328 e. The van der Waals surface area contributed by atoms with Gasteiger partial charge in [0.1, 0.15) is 0 Å². The summed E-state index contributed by atoms with van der Waals surface area (Å²) >= 11 is 1.75. The van der Waals surface area contributed by atoms with Gasteiger partial charge in [0.2, 0.25) is 0 Å². The van der Waals surface area contributed by atoms with Crippen molar-refractivity contribution in [2.45, 2.75) is 26.3 Å². The Hall–Kier alpha value is -1.19. The molecule has 2 nitrogen and oxygen atoms in total. The first kappa shape index (κ1) is 11.3. The Morgan fingerprint density at radius 3 is 2.62 bits per heavy atom. The van der Waals surface area contributed by atoms with Gasteiger partial charge >= 0.3 is 0 Å². The molecule has 0 spiro atoms. The summed E-state index contributed by atoms with van der Waals surface area (Å²) in [7, 11) is 0. The van der Waals surface area contributed by atoms with Crippen molar-refractivity contribution in [2.24, 2.45) is 5.73 Å². The molecule has 0 saturated heterocycles. The molecule has 0 fully saturated rings. The monoisotopic (exact) mass is 232 g/mol. The molecule has 2 aromatic rings. The fourth-order valence-electron chi connectivity index (χ4n) is 1.68. The van der Waals surface area contributed by atoms with Crippen LogP contribution < -0.4 is 5.73 Å². The Balaban J connectivity index is 2.32. The first-order valence-corrected chi connectivity index (χ1v) is 6.26. The highest BCUT2D eigenvalue weighted by atomic mass is 32.1. The smallest absolute Gasteiger partial charge is 0.0950 e. The lowest BCUT2D eigenvalue weighted by molar-refractivity contribution is 0.734. The number of aryl methyl sites for hydroxylation is 1. The zero-order valence-electron chi connectivity index (χ0n) is 9.60. The SMILES string of the molecule is Cc1sc(CC(C)N)nc1-c1ccccc1. The second-order valence-electron chi connectivity index (χ2n) is 4.06. The van der Waals surface area contributed by atoms with Gasteiger partial charge in [0, 0.05) is 22.9 Å². The van der Waals surface area contributed by atoms with E-state index in [4.69, 9.17) is 5.73 Å². The van der Waals surface area contributed by atoms with Gasteiger partial charge in [-0.05, 0) is 13.8 Å². The van der Waals surface area contributed by atoms with Crippen LogP contribution in [0.4, 0.5) is 0 Å². The highest BCUT2D eigenvalue weighted by Crippen LogP contribution is 2.27. The number of thiazole rings is 1. The molecule has 0 aliphatic rings. The molecule has 1 aromatic carbocycles. The first-order chi connectivity index (χ1) is 7.66. The Morgan fingerprint density at radius 2 is 2.00 bits per heavy atom. The maximum absolute atomic E-state index is 5.79. The molecule has 0 amide bonds. The highest BCUT2D eigenvalue weighted by Gasteiger charge is 2.10. The average molecular weight is 232 g/mol. The van der Waals surface area contributed by atoms with Gasteiger partial charge in [-0.3, -0.25) is 0 Å². The maximum Gasteiger partial charge on any atom is 0.0950 e. The summed E-state index contributed by atoms with van der Waals surface area (Å²) in [5.41, 5.74) is 8.07. The molecule has 1 heterocycles. The van der Waals surface area contributed by atoms with E-state index in [2.05, 4.69) is 24.0 Å². The molecule has 0 aliphatic carbocycles. The van der Waals surface area contributed by atoms with Crippen molar-refractivity contribution in [3.63, 3.8) is 0 Å². The van der Waals surface area contributed by atoms with Crippen LogP contribution in [-0.4, -0.2) is 11.0 Å². The summed E-state index contributed by atoms with van der Waals surface area (Å²) in [6.07, 6.45) is 0.859. The zero-order chi connectivity index (χ0) is 11.5. The number of rotatable bonds is 3. The van der Waals surface area contributed by atoms with Crippen LogP contribution in [0.1, 0.15) is 16.8 Å². The molecule has 1 aromatic heterocycles. The summed E-state index contributed by atoms with van der Waals surface area (Å²) < 4.78 is 0. The zero-order valence-corrected chi connectivity index (χ0v) is 10.4. The lowest BCUT2D eigenvalue weighted by Gasteiger charge is -1.99. The average Bonchev–Trinajstić information content (AvgIpc) is 2.60. The third-order valence-electron chi connectivity index (χ3n) is 2.38. The van der Waals surface area contributed by atoms with E-state index in [1.807, 2.05) is 25.1 Å². The van der Waals surface area contributed by atoms with Crippen molar-refractivity contribution in [1.82, 2.24) is 4.98 Å². The Morgan fingerprint density at radius 1 is 1.31 bits per heavy atom. The Kier molecular flexibility index (Phi) is 3.36. The van der Waals surface area contributed by atoms with E-state index < -0.39 is 0 Å². The molecule has 3 heteroatoms. The van der Waals surface area contributed by atoms with E-state index in [0.717, 1.165) is 17.1 Å². The van der Waals surface area contributed by atoms with E-state index in [9.17, 15) is 0 Å². The Labute approximate surface area is 100 Å². The number of hydrogen-bond donors (Lipinski definition) is 1. The predicted molar refractivity (Wildman–Crippen MR) is 69.6 cm³/mol. The molecule has 1 atom stereocenters. The largest absolute Gasteiger partial charge is 0.328 e. The summed E-state index contributed by atoms with van der Waals surface area (Å²) in [5.74, 6) is 0. The number of benzene rings is 1. The summed E-state index contributed by atoms with van der Waals surface area (Å²) in [4.78, 5) is 5.92. The molecule has 0 saturated carbocycles. The van der Waals surface area contributed by atoms with Gasteiger partial charge in [0.05, 0.1) is 10.7 Å². The second-order valence-corrected chi connectivity index (χ2v) is 5.35. The van der Waals surface area contributed by atoms with Crippen LogP contribution in [0.2, 0.25) is 0 Å². The number of nitrogens with two attached hydrogens (primary N) is 1. The molecular formula is C13H16N2S. The number of hydrogen-bond acceptors (Lipinski definition) is 3. The third kappa shape index (κ3) is 2.49. The quantitative estimate of drug-likeness (QED) is 0.883. The Bertz CT molecular complexity index is 460. The van der Waals surface area contributed by atoms with Gasteiger partial charge < -0.3 is 5.73 Å². The second kappa shape index (κ2) is 4.76. The van der Waals surface area contributed by atoms with Crippen LogP contribution in [-0.2, 0) is 6.42 Å². The van der Waals surface area contributed by atoms with E-state index in [1.54, 1.807) is 11.3 Å². The molecule has 1 unspecified atom stereocenters. The van der Waals surface area contributed by atoms with Crippen molar-refractivity contribution >= 4 is 11.3 Å². The van der Waals surface area contributed by atoms with Crippen molar-refractivity contribution < 1.29 is 0 Å². The number of aromatic nitrogens is 1. The minimum absolute atomic E-state index is 0.175. The van der Waals surface area contributed by atoms with Crippen LogP contribution in [0.5, 0.6) is 0 Å². The summed E-state index contributed by atoms with van der Waals surface area (Å²) in [6.45, 7) is 4.13. The van der Waals surface area contributed by atoms with Gasteiger partial charge in [0.25, 0.3) is 0 Å². The fourth-order valence-corrected chi connectivity index (χ4v) is 2.77. The molecule has 2 rings (SSSR count). The fraction of sp³-hybridized carbons (Fsp3) is 0.308. The summed E-state index contributed by atoms with van der Waals surface area (Å²) in [5, 5.41) is 1.13. The highest BCUT2D eigenvalue weighted by molar-refractivity contribution is 7.12. The number of nitrogens with zero attached hydrogens (tertiary/aromatic N) is 1. The van der Waals surface area contributed by atoms with E-state index >= 15 is 0 Å². The maximum atomic E-state index is 5.79. The lowest BCUT2D eigenvalue weighted by Crippen LogP contribution is -2.17. The van der Waals surface area contributed by atoms with Crippen LogP contribution in [0.3, 0.4) is 0 Å². The van der Waals surface area contributed by atoms with Crippen molar-refractivity contribution in [3.05, 3.63) is 40.2 Å². The van der Waals surface area contributed by atoms with Gasteiger partial charge in [-0.15, -0.1) is 11.3 Å². The molecule has 0 aliphatic heterocycles. The summed E-state index contributed by atoms with van der Waals surface area (Å²) in [6, 6.07) is 10.5. The predicted octanol–water partition coefficient (Wildman–Crippen LogP) is 3.01. The topological polar surface area (TPSA) is 38.9 Å². The normalized spacial score (nSPS) is 12.7. The standard InChI is InChI=1S/C13H16N2S/c1-9(14)8-12-15-13(10(2)16-12)11-6-4-3-5-7-11/h3-7,9H,8,14H2,1-2H3. The molecule has 0 bridgehead atoms. The van der Waals surface area contributed by atoms with E-state index in [1.165, 1.54) is 10.4 Å². The van der Waals surface area contributed by atoms with Gasteiger partial charge in [-0.25, -0.2) is 4.98 Å². The van der Waals surface area contributed by atoms with Crippen LogP contribution >= 0.6 is 11.3 Å². The van der Waals surface area contributed by atoms with Crippen LogP contribution in [0.15, 0.2) is 30.3 Å². The first-order valence-electron chi connectivity index (χ1n) is 5.44. The molecule has 0 radical (unpaired) electrons. The van der Waals surface area contributed by atoms with Gasteiger partial charge in [-0.1, -0.05) is 30.3 Å². The van der Waals surface area contributed by atoms with E-state index in [-0.39, 0.29) is 6.04 Å². The molecule has 16 heavy (non-hydrogen) atoms. The third-order valence-corrected chi connectivity index (χ3v) is 3.38. The van der Waals surface area contributed by atoms with Crippen LogP contribution in [0, 0.1) is 6.92 Å².